The van der Waals surface area contributed by atoms with Crippen LogP contribution in [0.2, 0.25) is 0 Å². The molecule has 0 aliphatic rings. The average molecular weight is 282 g/mol. The Labute approximate surface area is 110 Å². The van der Waals surface area contributed by atoms with Crippen molar-refractivity contribution in [3.05, 3.63) is 30.7 Å². The molecule has 0 aliphatic heterocycles. The smallest absolute Gasteiger partial charge is 0.260 e. The molecule has 2 aromatic rings. The molecule has 0 radical (unpaired) electrons. The number of nitrogens with zero attached hydrogens (tertiary/aromatic N) is 4. The summed E-state index contributed by atoms with van der Waals surface area (Å²) < 4.78 is 27.9. The molecular weight excluding hydrogens is 268 g/mol. The van der Waals surface area contributed by atoms with Gasteiger partial charge < -0.3 is 5.73 Å². The Bertz CT molecular complexity index is 625. The molecule has 2 rings (SSSR count). The van der Waals surface area contributed by atoms with Gasteiger partial charge in [-0.05, 0) is 18.6 Å². The first-order chi connectivity index (χ1) is 9.09. The zero-order valence-electron chi connectivity index (χ0n) is 10.1. The second kappa shape index (κ2) is 5.76. The zero-order chi connectivity index (χ0) is 13.7. The number of anilines is 1. The Balaban J connectivity index is 1.90. The molecule has 0 fully saturated rings. The van der Waals surface area contributed by atoms with Crippen molar-refractivity contribution < 1.29 is 8.42 Å². The second-order valence-electron chi connectivity index (χ2n) is 3.82. The van der Waals surface area contributed by atoms with Gasteiger partial charge in [0, 0.05) is 25.5 Å². The molecule has 0 atom stereocenters. The fourth-order valence-electron chi connectivity index (χ4n) is 1.50. The number of aromatic nitrogens is 4. The van der Waals surface area contributed by atoms with Crippen LogP contribution in [0.3, 0.4) is 0 Å². The minimum atomic E-state index is -3.66. The molecular formula is C10H14N6O2S. The highest BCUT2D eigenvalue weighted by molar-refractivity contribution is 7.89. The Kier molecular flexibility index (Phi) is 4.07. The summed E-state index contributed by atoms with van der Waals surface area (Å²) >= 11 is 0. The number of nitrogens with one attached hydrogen (secondary N) is 1. The summed E-state index contributed by atoms with van der Waals surface area (Å²) in [7, 11) is -3.66. The van der Waals surface area contributed by atoms with Gasteiger partial charge >= 0.3 is 0 Å². The van der Waals surface area contributed by atoms with Crippen molar-refractivity contribution in [2.24, 2.45) is 0 Å². The van der Waals surface area contributed by atoms with Crippen LogP contribution < -0.4 is 10.5 Å². The van der Waals surface area contributed by atoms with Crippen molar-refractivity contribution >= 4 is 15.7 Å². The van der Waals surface area contributed by atoms with E-state index in [1.165, 1.54) is 12.3 Å². The Morgan fingerprint density at radius 1 is 1.37 bits per heavy atom. The van der Waals surface area contributed by atoms with Crippen LogP contribution in [-0.4, -0.2) is 34.9 Å². The molecule has 19 heavy (non-hydrogen) atoms. The van der Waals surface area contributed by atoms with E-state index in [1.807, 2.05) is 0 Å². The highest BCUT2D eigenvalue weighted by atomic mass is 32.2. The molecule has 0 aromatic carbocycles. The third kappa shape index (κ3) is 3.48. The molecule has 0 saturated carbocycles. The quantitative estimate of drug-likeness (QED) is 0.698. The topological polar surface area (TPSA) is 116 Å². The number of nitrogen functional groups attached to an aromatic ring is 1. The lowest BCUT2D eigenvalue weighted by Crippen LogP contribution is -2.27. The first-order valence-electron chi connectivity index (χ1n) is 5.64. The molecule has 0 aliphatic carbocycles. The van der Waals surface area contributed by atoms with E-state index in [2.05, 4.69) is 20.0 Å². The van der Waals surface area contributed by atoms with Gasteiger partial charge in [-0.2, -0.15) is 0 Å². The van der Waals surface area contributed by atoms with E-state index in [9.17, 15) is 8.42 Å². The minimum absolute atomic E-state index is 0.131. The largest absolute Gasteiger partial charge is 0.396 e. The van der Waals surface area contributed by atoms with Gasteiger partial charge in [0.05, 0.1) is 11.9 Å². The summed E-state index contributed by atoms with van der Waals surface area (Å²) in [6, 6.07) is 3.08. The highest BCUT2D eigenvalue weighted by Gasteiger charge is 2.17. The molecule has 102 valence electrons. The van der Waals surface area contributed by atoms with Crippen LogP contribution in [0.4, 0.5) is 5.69 Å². The number of hydrogen-bond acceptors (Lipinski definition) is 6. The summed E-state index contributed by atoms with van der Waals surface area (Å²) in [5.41, 5.74) is 5.71. The number of sulfonamides is 1. The van der Waals surface area contributed by atoms with Crippen LogP contribution in [0.1, 0.15) is 6.42 Å². The van der Waals surface area contributed by atoms with Crippen LogP contribution in [0, 0.1) is 0 Å². The van der Waals surface area contributed by atoms with E-state index >= 15 is 0 Å². The zero-order valence-corrected chi connectivity index (χ0v) is 10.9. The van der Waals surface area contributed by atoms with Crippen molar-refractivity contribution in [3.63, 3.8) is 0 Å². The molecule has 8 nitrogen and oxygen atoms in total. The molecule has 0 amide bonds. The van der Waals surface area contributed by atoms with Gasteiger partial charge in [0.25, 0.3) is 10.0 Å². The van der Waals surface area contributed by atoms with Crippen molar-refractivity contribution in [3.8, 4) is 0 Å². The lowest BCUT2D eigenvalue weighted by Gasteiger charge is -2.07. The van der Waals surface area contributed by atoms with Crippen LogP contribution in [0.15, 0.2) is 35.7 Å². The monoisotopic (exact) mass is 282 g/mol. The molecule has 3 N–H and O–H groups in total. The van der Waals surface area contributed by atoms with Gasteiger partial charge in [-0.1, -0.05) is 5.21 Å². The third-order valence-corrected chi connectivity index (χ3v) is 3.82. The number of hydrogen-bond donors (Lipinski definition) is 2. The van der Waals surface area contributed by atoms with Gasteiger partial charge in [-0.15, -0.1) is 5.10 Å². The standard InChI is InChI=1S/C10H14N6O2S/c11-9-3-1-4-12-10(9)19(17,18)14-5-2-7-16-8-6-13-15-16/h1,3-4,6,8,14H,2,5,7,11H2. The highest BCUT2D eigenvalue weighted by Crippen LogP contribution is 2.13. The molecule has 2 aromatic heterocycles. The fourth-order valence-corrected chi connectivity index (χ4v) is 2.62. The van der Waals surface area contributed by atoms with Gasteiger partial charge in [0.15, 0.2) is 5.03 Å². The maximum Gasteiger partial charge on any atom is 0.260 e. The van der Waals surface area contributed by atoms with E-state index in [4.69, 9.17) is 5.73 Å². The maximum atomic E-state index is 11.9. The van der Waals surface area contributed by atoms with E-state index in [1.54, 1.807) is 23.1 Å². The predicted octanol–water partition coefficient (Wildman–Crippen LogP) is -0.376. The normalized spacial score (nSPS) is 11.6. The maximum absolute atomic E-state index is 11.9. The third-order valence-electron chi connectivity index (χ3n) is 2.38. The minimum Gasteiger partial charge on any atom is -0.396 e. The lowest BCUT2D eigenvalue weighted by molar-refractivity contribution is 0.541. The SMILES string of the molecule is Nc1cccnc1S(=O)(=O)NCCCn1ccnn1. The summed E-state index contributed by atoms with van der Waals surface area (Å²) in [5, 5.41) is 7.29. The molecule has 0 bridgehead atoms. The van der Waals surface area contributed by atoms with E-state index in [0.29, 0.717) is 13.0 Å². The Morgan fingerprint density at radius 2 is 2.21 bits per heavy atom. The van der Waals surface area contributed by atoms with Crippen LogP contribution in [0.5, 0.6) is 0 Å². The predicted molar refractivity (Wildman–Crippen MR) is 68.5 cm³/mol. The molecule has 9 heteroatoms. The average Bonchev–Trinajstić information content (AvgIpc) is 2.88. The van der Waals surface area contributed by atoms with E-state index in [-0.39, 0.29) is 17.3 Å². The van der Waals surface area contributed by atoms with Crippen LogP contribution >= 0.6 is 0 Å². The summed E-state index contributed by atoms with van der Waals surface area (Å²) in [6.07, 6.45) is 5.26. The van der Waals surface area contributed by atoms with E-state index < -0.39 is 10.0 Å². The van der Waals surface area contributed by atoms with E-state index in [0.717, 1.165) is 0 Å². The van der Waals surface area contributed by atoms with Crippen molar-refractivity contribution in [2.75, 3.05) is 12.3 Å². The van der Waals surface area contributed by atoms with Crippen molar-refractivity contribution in [1.82, 2.24) is 24.7 Å². The van der Waals surface area contributed by atoms with Gasteiger partial charge in [-0.3, -0.25) is 4.68 Å². The Hall–Kier alpha value is -2.00. The second-order valence-corrected chi connectivity index (χ2v) is 5.50. The van der Waals surface area contributed by atoms with Crippen molar-refractivity contribution in [2.45, 2.75) is 18.0 Å². The van der Waals surface area contributed by atoms with Crippen molar-refractivity contribution in [1.29, 1.82) is 0 Å². The molecule has 0 saturated heterocycles. The Morgan fingerprint density at radius 3 is 2.89 bits per heavy atom. The molecule has 0 unspecified atom stereocenters. The fraction of sp³-hybridized carbons (Fsp3) is 0.300. The summed E-state index contributed by atoms with van der Waals surface area (Å²) in [5.74, 6) is 0. The van der Waals surface area contributed by atoms with Gasteiger partial charge in [-0.25, -0.2) is 18.1 Å². The summed E-state index contributed by atoms with van der Waals surface area (Å²) in [6.45, 7) is 0.860. The number of nitrogens with two attached hydrogens (primary N) is 1. The summed E-state index contributed by atoms with van der Waals surface area (Å²) in [4.78, 5) is 3.78. The van der Waals surface area contributed by atoms with Crippen LogP contribution in [-0.2, 0) is 16.6 Å². The first-order valence-corrected chi connectivity index (χ1v) is 7.12. The number of rotatable bonds is 6. The lowest BCUT2D eigenvalue weighted by atomic mass is 10.4. The molecule has 2 heterocycles. The van der Waals surface area contributed by atoms with Gasteiger partial charge in [0.2, 0.25) is 0 Å². The number of aryl methyl sites for hydroxylation is 1. The molecule has 0 spiro atoms. The van der Waals surface area contributed by atoms with Gasteiger partial charge in [0.1, 0.15) is 0 Å². The van der Waals surface area contributed by atoms with Crippen LogP contribution in [0.25, 0.3) is 0 Å². The number of pyridine rings is 1. The first kappa shape index (κ1) is 13.4.